The molecule has 1 aromatic heterocycles. The fraction of sp³-hybridized carbons (Fsp3) is 0.455. The second-order valence-electron chi connectivity index (χ2n) is 7.48. The van der Waals surface area contributed by atoms with Crippen molar-refractivity contribution in [3.63, 3.8) is 0 Å². The lowest BCUT2D eigenvalue weighted by molar-refractivity contribution is 0.383. The van der Waals surface area contributed by atoms with Crippen molar-refractivity contribution in [2.75, 3.05) is 57.7 Å². The summed E-state index contributed by atoms with van der Waals surface area (Å²) in [6.45, 7) is 3.37. The third-order valence-electron chi connectivity index (χ3n) is 5.72. The van der Waals surface area contributed by atoms with Gasteiger partial charge in [0.15, 0.2) is 5.11 Å². The van der Waals surface area contributed by atoms with E-state index in [0.29, 0.717) is 11.0 Å². The number of hydrogen-bond donors (Lipinski definition) is 1. The average Bonchev–Trinajstić information content (AvgIpc) is 3.25. The van der Waals surface area contributed by atoms with E-state index in [-0.39, 0.29) is 0 Å². The lowest BCUT2D eigenvalue weighted by atomic mass is 10.2. The Hall–Kier alpha value is -2.74. The molecule has 1 fully saturated rings. The number of piperazine rings is 1. The van der Waals surface area contributed by atoms with Gasteiger partial charge in [-0.05, 0) is 43.1 Å². The maximum atomic E-state index is 5.70. The zero-order valence-electron chi connectivity index (χ0n) is 17.7. The Labute approximate surface area is 182 Å². The monoisotopic (exact) mass is 428 g/mol. The van der Waals surface area contributed by atoms with Crippen LogP contribution in [0, 0.1) is 0 Å². The molecule has 7 nitrogen and oxygen atoms in total. The van der Waals surface area contributed by atoms with Crippen LogP contribution < -0.4 is 24.4 Å². The second kappa shape index (κ2) is 8.95. The van der Waals surface area contributed by atoms with Crippen LogP contribution in [0.15, 0.2) is 24.3 Å². The number of aromatic nitrogens is 1. The Kier molecular flexibility index (Phi) is 6.13. The van der Waals surface area contributed by atoms with E-state index in [1.165, 1.54) is 5.56 Å². The minimum atomic E-state index is 0.611. The topological polar surface area (TPSA) is 59.1 Å². The molecular formula is C22H28N4O3S. The third-order valence-corrected chi connectivity index (χ3v) is 6.08. The van der Waals surface area contributed by atoms with E-state index >= 15 is 0 Å². The molecule has 0 unspecified atom stereocenters. The summed E-state index contributed by atoms with van der Waals surface area (Å²) in [6.07, 6.45) is 3.24. The van der Waals surface area contributed by atoms with Crippen LogP contribution in [0.1, 0.15) is 17.7 Å². The Morgan fingerprint density at radius 3 is 2.27 bits per heavy atom. The first-order valence-electron chi connectivity index (χ1n) is 10.2. The highest BCUT2D eigenvalue weighted by Gasteiger charge is 2.22. The normalized spacial score (nSPS) is 15.6. The molecule has 8 heteroatoms. The summed E-state index contributed by atoms with van der Waals surface area (Å²) in [6, 6.07) is 8.10. The predicted molar refractivity (Wildman–Crippen MR) is 122 cm³/mol. The molecule has 1 aliphatic carbocycles. The molecule has 1 aromatic carbocycles. The van der Waals surface area contributed by atoms with Crippen LogP contribution >= 0.6 is 12.2 Å². The average molecular weight is 429 g/mol. The lowest BCUT2D eigenvalue weighted by Gasteiger charge is -2.37. The third kappa shape index (κ3) is 4.23. The molecule has 1 aliphatic heterocycles. The van der Waals surface area contributed by atoms with Crippen molar-refractivity contribution in [2.24, 2.45) is 0 Å². The van der Waals surface area contributed by atoms with E-state index in [9.17, 15) is 0 Å². The highest BCUT2D eigenvalue weighted by Crippen LogP contribution is 2.31. The van der Waals surface area contributed by atoms with Gasteiger partial charge in [0.2, 0.25) is 5.88 Å². The zero-order valence-corrected chi connectivity index (χ0v) is 18.6. The number of thiocarbonyl (C=S) groups is 1. The number of hydrogen-bond acceptors (Lipinski definition) is 6. The van der Waals surface area contributed by atoms with Gasteiger partial charge in [-0.25, -0.2) is 4.98 Å². The number of anilines is 2. The van der Waals surface area contributed by atoms with Crippen molar-refractivity contribution in [1.29, 1.82) is 0 Å². The number of ether oxygens (including phenoxy) is 3. The van der Waals surface area contributed by atoms with Gasteiger partial charge in [0.25, 0.3) is 0 Å². The number of methoxy groups -OCH3 is 3. The van der Waals surface area contributed by atoms with Gasteiger partial charge in [0, 0.05) is 55.8 Å². The molecule has 2 heterocycles. The summed E-state index contributed by atoms with van der Waals surface area (Å²) in [7, 11) is 4.99. The molecule has 0 radical (unpaired) electrons. The summed E-state index contributed by atoms with van der Waals surface area (Å²) < 4.78 is 16.3. The summed E-state index contributed by atoms with van der Waals surface area (Å²) >= 11 is 5.70. The van der Waals surface area contributed by atoms with Crippen LogP contribution in [0.4, 0.5) is 11.4 Å². The van der Waals surface area contributed by atoms with Crippen molar-refractivity contribution in [3.8, 4) is 17.4 Å². The molecule has 0 saturated carbocycles. The van der Waals surface area contributed by atoms with Gasteiger partial charge >= 0.3 is 0 Å². The van der Waals surface area contributed by atoms with Gasteiger partial charge in [-0.15, -0.1) is 0 Å². The zero-order chi connectivity index (χ0) is 21.1. The van der Waals surface area contributed by atoms with Gasteiger partial charge in [-0.3, -0.25) is 0 Å². The smallest absolute Gasteiger partial charge is 0.237 e. The molecule has 0 amide bonds. The number of fused-ring (bicyclic) bond motifs is 1. The molecule has 1 N–H and O–H groups in total. The van der Waals surface area contributed by atoms with Crippen molar-refractivity contribution < 1.29 is 14.2 Å². The van der Waals surface area contributed by atoms with Crippen LogP contribution in [-0.4, -0.2) is 62.5 Å². The van der Waals surface area contributed by atoms with E-state index in [1.54, 1.807) is 21.3 Å². The van der Waals surface area contributed by atoms with Crippen molar-refractivity contribution in [1.82, 2.24) is 9.88 Å². The molecule has 30 heavy (non-hydrogen) atoms. The van der Waals surface area contributed by atoms with E-state index in [2.05, 4.69) is 26.2 Å². The summed E-state index contributed by atoms with van der Waals surface area (Å²) in [5.74, 6) is 2.19. The first kappa shape index (κ1) is 20.5. The predicted octanol–water partition coefficient (Wildman–Crippen LogP) is 3.12. The maximum absolute atomic E-state index is 5.70. The van der Waals surface area contributed by atoms with Crippen LogP contribution in [0.5, 0.6) is 17.4 Å². The number of pyridine rings is 1. The van der Waals surface area contributed by atoms with Gasteiger partial charge in [-0.2, -0.15) is 0 Å². The highest BCUT2D eigenvalue weighted by atomic mass is 32.1. The summed E-state index contributed by atoms with van der Waals surface area (Å²) in [4.78, 5) is 9.17. The first-order valence-corrected chi connectivity index (χ1v) is 10.6. The van der Waals surface area contributed by atoms with Crippen molar-refractivity contribution >= 4 is 28.7 Å². The molecule has 2 aromatic rings. The number of nitrogens with zero attached hydrogens (tertiary/aromatic N) is 3. The Morgan fingerprint density at radius 2 is 1.63 bits per heavy atom. The molecule has 2 aliphatic rings. The molecule has 0 atom stereocenters. The van der Waals surface area contributed by atoms with Crippen LogP contribution in [0.3, 0.4) is 0 Å². The van der Waals surface area contributed by atoms with Crippen LogP contribution in [-0.2, 0) is 12.8 Å². The fourth-order valence-corrected chi connectivity index (χ4v) is 4.33. The van der Waals surface area contributed by atoms with Gasteiger partial charge in [0.05, 0.1) is 21.3 Å². The van der Waals surface area contributed by atoms with E-state index in [0.717, 1.165) is 74.0 Å². The Morgan fingerprint density at radius 1 is 0.933 bits per heavy atom. The van der Waals surface area contributed by atoms with Crippen LogP contribution in [0.2, 0.25) is 0 Å². The molecule has 0 spiro atoms. The summed E-state index contributed by atoms with van der Waals surface area (Å²) in [5.41, 5.74) is 4.38. The molecule has 160 valence electrons. The van der Waals surface area contributed by atoms with E-state index < -0.39 is 0 Å². The summed E-state index contributed by atoms with van der Waals surface area (Å²) in [5, 5.41) is 4.07. The Bertz CT molecular complexity index is 907. The number of benzene rings is 1. The number of rotatable bonds is 5. The van der Waals surface area contributed by atoms with Crippen LogP contribution in [0.25, 0.3) is 0 Å². The fourth-order valence-electron chi connectivity index (χ4n) is 4.04. The van der Waals surface area contributed by atoms with Gasteiger partial charge in [-0.1, -0.05) is 0 Å². The minimum Gasteiger partial charge on any atom is -0.497 e. The van der Waals surface area contributed by atoms with E-state index in [1.807, 2.05) is 18.2 Å². The molecular weight excluding hydrogens is 400 g/mol. The molecule has 4 rings (SSSR count). The standard InChI is InChI=1S/C22H28N4O3S/c1-27-17-12-16(13-18(14-17)28-2)25-7-9-26(10-8-25)22(30)24-20-11-15-5-4-6-19(15)23-21(20)29-3/h11-14H,4-10H2,1-3H3,(H,24,30). The quantitative estimate of drug-likeness (QED) is 0.729. The number of aryl methyl sites for hydroxylation is 2. The van der Waals surface area contributed by atoms with Crippen molar-refractivity contribution in [3.05, 3.63) is 35.5 Å². The molecule has 0 bridgehead atoms. The van der Waals surface area contributed by atoms with Gasteiger partial charge in [0.1, 0.15) is 17.2 Å². The van der Waals surface area contributed by atoms with Gasteiger partial charge < -0.3 is 29.3 Å². The van der Waals surface area contributed by atoms with E-state index in [4.69, 9.17) is 26.4 Å². The molecule has 1 saturated heterocycles. The first-order chi connectivity index (χ1) is 14.6. The lowest BCUT2D eigenvalue weighted by Crippen LogP contribution is -2.50. The highest BCUT2D eigenvalue weighted by molar-refractivity contribution is 7.80. The maximum Gasteiger partial charge on any atom is 0.237 e. The minimum absolute atomic E-state index is 0.611. The largest absolute Gasteiger partial charge is 0.497 e. The SMILES string of the molecule is COc1cc(OC)cc(N2CCN(C(=S)Nc3cc4c(nc3OC)CCC4)CC2)c1. The van der Waals surface area contributed by atoms with Crippen molar-refractivity contribution in [2.45, 2.75) is 19.3 Å². The second-order valence-corrected chi connectivity index (χ2v) is 7.87. The number of nitrogens with one attached hydrogen (secondary N) is 1. The Balaban J connectivity index is 1.41.